The van der Waals surface area contributed by atoms with Gasteiger partial charge in [-0.3, -0.25) is 14.9 Å². The second kappa shape index (κ2) is 9.69. The normalized spacial score (nSPS) is 14.2. The van der Waals surface area contributed by atoms with Crippen molar-refractivity contribution in [3.63, 3.8) is 0 Å². The number of thiocarbonyl (C=S) groups is 1. The van der Waals surface area contributed by atoms with Gasteiger partial charge in [-0.1, -0.05) is 26.8 Å². The highest BCUT2D eigenvalue weighted by atomic mass is 32.1. The van der Waals surface area contributed by atoms with Crippen LogP contribution in [-0.2, 0) is 4.79 Å². The highest BCUT2D eigenvalue weighted by Gasteiger charge is 2.29. The van der Waals surface area contributed by atoms with Crippen LogP contribution < -0.4 is 15.5 Å². The fraction of sp³-hybridized carbons (Fsp3) is 0.400. The van der Waals surface area contributed by atoms with Crippen LogP contribution in [0.25, 0.3) is 0 Å². The molecule has 32 heavy (non-hydrogen) atoms. The molecule has 1 aliphatic rings. The molecular weight excluding hydrogens is 420 g/mol. The van der Waals surface area contributed by atoms with E-state index in [-0.39, 0.29) is 22.3 Å². The lowest BCUT2D eigenvalue weighted by Crippen LogP contribution is -2.51. The number of aryl methyl sites for hydroxylation is 2. The van der Waals surface area contributed by atoms with Crippen LogP contribution >= 0.6 is 12.2 Å². The molecule has 0 atom stereocenters. The Morgan fingerprint density at radius 1 is 0.906 bits per heavy atom. The molecule has 1 saturated heterocycles. The van der Waals surface area contributed by atoms with Crippen LogP contribution in [-0.4, -0.2) is 48.0 Å². The molecule has 0 aliphatic carbocycles. The van der Waals surface area contributed by atoms with Gasteiger partial charge in [0.15, 0.2) is 5.11 Å². The molecular formula is C25H32N4O2S. The third kappa shape index (κ3) is 5.85. The molecule has 2 N–H and O–H groups in total. The zero-order valence-electron chi connectivity index (χ0n) is 19.5. The van der Waals surface area contributed by atoms with E-state index in [1.165, 1.54) is 0 Å². The average Bonchev–Trinajstić information content (AvgIpc) is 2.75. The molecule has 0 radical (unpaired) electrons. The zero-order valence-corrected chi connectivity index (χ0v) is 20.3. The van der Waals surface area contributed by atoms with Crippen LogP contribution in [0.15, 0.2) is 42.5 Å². The first-order valence-electron chi connectivity index (χ1n) is 10.9. The van der Waals surface area contributed by atoms with Crippen LogP contribution in [0.1, 0.15) is 42.3 Å². The van der Waals surface area contributed by atoms with E-state index in [0.29, 0.717) is 5.56 Å². The Morgan fingerprint density at radius 2 is 1.53 bits per heavy atom. The van der Waals surface area contributed by atoms with Gasteiger partial charge in [-0.05, 0) is 73.6 Å². The molecule has 2 aromatic rings. The van der Waals surface area contributed by atoms with Gasteiger partial charge in [0.2, 0.25) is 5.91 Å². The van der Waals surface area contributed by atoms with Gasteiger partial charge in [0.1, 0.15) is 0 Å². The largest absolute Gasteiger partial charge is 0.368 e. The van der Waals surface area contributed by atoms with Crippen molar-refractivity contribution in [3.05, 3.63) is 59.2 Å². The number of rotatable bonds is 3. The Bertz CT molecular complexity index is 1000. The lowest BCUT2D eigenvalue weighted by molar-refractivity contribution is -0.139. The van der Waals surface area contributed by atoms with Crippen LogP contribution in [0.2, 0.25) is 0 Å². The summed E-state index contributed by atoms with van der Waals surface area (Å²) in [5.41, 5.74) is 4.35. The fourth-order valence-electron chi connectivity index (χ4n) is 3.62. The van der Waals surface area contributed by atoms with Gasteiger partial charge < -0.3 is 15.1 Å². The van der Waals surface area contributed by atoms with Crippen LogP contribution in [0.3, 0.4) is 0 Å². The average molecular weight is 453 g/mol. The monoisotopic (exact) mass is 452 g/mol. The number of nitrogens with zero attached hydrogens (tertiary/aromatic N) is 2. The second-order valence-electron chi connectivity index (χ2n) is 9.28. The molecule has 3 rings (SSSR count). The quantitative estimate of drug-likeness (QED) is 0.686. The maximum Gasteiger partial charge on any atom is 0.257 e. The van der Waals surface area contributed by atoms with Gasteiger partial charge in [-0.25, -0.2) is 0 Å². The maximum absolute atomic E-state index is 12.5. The molecule has 0 saturated carbocycles. The summed E-state index contributed by atoms with van der Waals surface area (Å²) >= 11 is 5.31. The van der Waals surface area contributed by atoms with Crippen molar-refractivity contribution in [3.8, 4) is 0 Å². The van der Waals surface area contributed by atoms with Gasteiger partial charge in [0, 0.05) is 48.5 Å². The number of benzene rings is 2. The van der Waals surface area contributed by atoms with Crippen molar-refractivity contribution in [1.29, 1.82) is 0 Å². The van der Waals surface area contributed by atoms with E-state index in [1.54, 1.807) is 6.07 Å². The van der Waals surface area contributed by atoms with Crippen LogP contribution in [0, 0.1) is 19.3 Å². The Kier molecular flexibility index (Phi) is 7.19. The van der Waals surface area contributed by atoms with Crippen LogP contribution in [0.5, 0.6) is 0 Å². The summed E-state index contributed by atoms with van der Waals surface area (Å²) in [4.78, 5) is 29.1. The predicted molar refractivity (Wildman–Crippen MR) is 134 cm³/mol. The van der Waals surface area contributed by atoms with Gasteiger partial charge in [-0.2, -0.15) is 0 Å². The van der Waals surface area contributed by atoms with Gasteiger partial charge in [-0.15, -0.1) is 0 Å². The summed E-state index contributed by atoms with van der Waals surface area (Å²) < 4.78 is 0. The zero-order chi connectivity index (χ0) is 23.5. The Hall–Kier alpha value is -2.93. The van der Waals surface area contributed by atoms with E-state index in [0.717, 1.165) is 48.7 Å². The topological polar surface area (TPSA) is 64.7 Å². The summed E-state index contributed by atoms with van der Waals surface area (Å²) in [6.45, 7) is 12.9. The number of carbonyl (C=O) groups excluding carboxylic acids is 2. The molecule has 6 nitrogen and oxygen atoms in total. The first-order chi connectivity index (χ1) is 15.0. The van der Waals surface area contributed by atoms with E-state index in [9.17, 15) is 9.59 Å². The van der Waals surface area contributed by atoms with Gasteiger partial charge in [0.05, 0.1) is 0 Å². The summed E-state index contributed by atoms with van der Waals surface area (Å²) in [6.07, 6.45) is 0. The Labute approximate surface area is 196 Å². The lowest BCUT2D eigenvalue weighted by atomic mass is 9.94. The summed E-state index contributed by atoms with van der Waals surface area (Å²) in [6, 6.07) is 13.5. The van der Waals surface area contributed by atoms with Crippen molar-refractivity contribution < 1.29 is 9.59 Å². The van der Waals surface area contributed by atoms with Crippen molar-refractivity contribution >= 4 is 40.5 Å². The van der Waals surface area contributed by atoms with Crippen molar-refractivity contribution in [2.45, 2.75) is 34.6 Å². The third-order valence-corrected chi connectivity index (χ3v) is 5.90. The number of hydrogen-bond donors (Lipinski definition) is 2. The second-order valence-corrected chi connectivity index (χ2v) is 9.69. The van der Waals surface area contributed by atoms with Gasteiger partial charge in [0.25, 0.3) is 5.91 Å². The van der Waals surface area contributed by atoms with E-state index in [1.807, 2.05) is 75.9 Å². The number of carbonyl (C=O) groups is 2. The third-order valence-electron chi connectivity index (χ3n) is 5.69. The minimum atomic E-state index is -0.346. The Morgan fingerprint density at radius 3 is 2.09 bits per heavy atom. The molecule has 0 aromatic heterocycles. The van der Waals surface area contributed by atoms with E-state index >= 15 is 0 Å². The number of nitrogens with one attached hydrogen (secondary N) is 2. The molecule has 170 valence electrons. The maximum atomic E-state index is 12.5. The van der Waals surface area contributed by atoms with Crippen molar-refractivity contribution in [2.75, 3.05) is 36.4 Å². The molecule has 1 fully saturated rings. The first-order valence-corrected chi connectivity index (χ1v) is 11.3. The Balaban J connectivity index is 1.52. The minimum Gasteiger partial charge on any atom is -0.368 e. The van der Waals surface area contributed by atoms with Crippen LogP contribution in [0.4, 0.5) is 11.4 Å². The molecule has 2 amide bonds. The van der Waals surface area contributed by atoms with Crippen molar-refractivity contribution in [2.24, 2.45) is 5.41 Å². The van der Waals surface area contributed by atoms with Crippen molar-refractivity contribution in [1.82, 2.24) is 10.2 Å². The first kappa shape index (κ1) is 23.7. The van der Waals surface area contributed by atoms with Gasteiger partial charge >= 0.3 is 0 Å². The number of anilines is 2. The SMILES string of the molecule is Cc1ccc(C(=O)NC(=S)Nc2ccc(N3CCN(C(=O)C(C)(C)C)CC3)cc2)cc1C. The predicted octanol–water partition coefficient (Wildman–Crippen LogP) is 4.12. The molecule has 0 unspecified atom stereocenters. The smallest absolute Gasteiger partial charge is 0.257 e. The fourth-order valence-corrected chi connectivity index (χ4v) is 3.83. The van der Waals surface area contributed by atoms with E-state index in [2.05, 4.69) is 15.5 Å². The molecule has 0 bridgehead atoms. The number of amides is 2. The highest BCUT2D eigenvalue weighted by Crippen LogP contribution is 2.22. The molecule has 0 spiro atoms. The summed E-state index contributed by atoms with van der Waals surface area (Å²) in [5, 5.41) is 6.06. The lowest BCUT2D eigenvalue weighted by Gasteiger charge is -2.38. The van der Waals surface area contributed by atoms with E-state index < -0.39 is 0 Å². The standard InChI is InChI=1S/C25H32N4O2S/c1-17-6-7-19(16-18(17)2)22(30)27-24(32)26-20-8-10-21(11-9-20)28-12-14-29(15-13-28)23(31)25(3,4)5/h6-11,16H,12-15H2,1-5H3,(H2,26,27,30,32). The molecule has 1 heterocycles. The summed E-state index contributed by atoms with van der Waals surface area (Å²) in [5.74, 6) is -0.0297. The number of piperazine rings is 1. The van der Waals surface area contributed by atoms with E-state index in [4.69, 9.17) is 12.2 Å². The molecule has 1 aliphatic heterocycles. The molecule has 2 aromatic carbocycles. The highest BCUT2D eigenvalue weighted by molar-refractivity contribution is 7.80. The summed E-state index contributed by atoms with van der Waals surface area (Å²) in [7, 11) is 0. The molecule has 7 heteroatoms. The minimum absolute atomic E-state index is 0.202. The number of hydrogen-bond acceptors (Lipinski definition) is 4.